The zero-order chi connectivity index (χ0) is 36.1. The normalized spacial score (nSPS) is 18.9. The van der Waals surface area contributed by atoms with Crippen LogP contribution in [-0.2, 0) is 32.1 Å². The molecule has 5 atom stereocenters. The third-order valence-electron chi connectivity index (χ3n) is 8.25. The van der Waals surface area contributed by atoms with E-state index in [1.165, 1.54) is 18.0 Å². The number of rotatable bonds is 11. The Morgan fingerprint density at radius 1 is 0.961 bits per heavy atom. The number of aliphatic hydroxyl groups excluding tert-OH is 1. The van der Waals surface area contributed by atoms with E-state index >= 15 is 0 Å². The lowest BCUT2D eigenvalue weighted by Crippen LogP contribution is -2.59. The third-order valence-corrected chi connectivity index (χ3v) is 8.25. The molecule has 16 nitrogen and oxygen atoms in total. The Kier molecular flexibility index (Phi) is 10.3. The monoisotopic (exact) mass is 695 g/mol. The van der Waals surface area contributed by atoms with Crippen molar-refractivity contribution in [3.8, 4) is 5.75 Å². The number of imide groups is 1. The van der Waals surface area contributed by atoms with Gasteiger partial charge in [-0.3, -0.25) is 14.2 Å². The number of anilines is 1. The number of nitrogens with two attached hydrogens (primary N) is 1. The highest BCUT2D eigenvalue weighted by Gasteiger charge is 2.55. The van der Waals surface area contributed by atoms with E-state index in [4.69, 9.17) is 19.9 Å². The van der Waals surface area contributed by atoms with Crippen LogP contribution in [0.5, 0.6) is 5.75 Å². The number of aromatic nitrogens is 4. The maximum Gasteiger partial charge on any atom is 0.417 e. The standard InChI is InChI=1S/C35H33N7O9/c1-49-23-14-12-20(13-15-23)16-24(36)32(45)42(35(48)50-17-21-8-4-2-5-9-21)26-27(43)33(51-28(26)34(46)47)41-19-39-25-29(37-18-38-30(25)41)40-31(44)22-10-6-3-7-11-22/h2-15,18-19,24,26-28,33,43H,16-17,36H2,1H3,(H,46,47)(H,37,38,40,44)/t24-,26-,27+,28-,33+/m0/s1. The number of aliphatic hydroxyl groups is 1. The van der Waals surface area contributed by atoms with Crippen LogP contribution in [0, 0.1) is 0 Å². The van der Waals surface area contributed by atoms with E-state index in [9.17, 15) is 29.4 Å². The molecule has 51 heavy (non-hydrogen) atoms. The fraction of sp³-hybridized carbons (Fsp3) is 0.229. The Hall–Kier alpha value is -6.23. The summed E-state index contributed by atoms with van der Waals surface area (Å²) >= 11 is 0. The van der Waals surface area contributed by atoms with Gasteiger partial charge in [0.2, 0.25) is 5.91 Å². The number of hydrogen-bond acceptors (Lipinski definition) is 12. The third kappa shape index (κ3) is 7.37. The maximum atomic E-state index is 14.0. The number of hydrogen-bond donors (Lipinski definition) is 4. The van der Waals surface area contributed by atoms with Crippen molar-refractivity contribution in [2.75, 3.05) is 12.4 Å². The number of methoxy groups -OCH3 is 1. The van der Waals surface area contributed by atoms with Crippen LogP contribution in [0.15, 0.2) is 97.6 Å². The zero-order valence-corrected chi connectivity index (χ0v) is 27.1. The van der Waals surface area contributed by atoms with Gasteiger partial charge in [-0.15, -0.1) is 0 Å². The van der Waals surface area contributed by atoms with Crippen LogP contribution in [0.1, 0.15) is 27.7 Å². The van der Waals surface area contributed by atoms with E-state index in [1.807, 2.05) is 0 Å². The summed E-state index contributed by atoms with van der Waals surface area (Å²) in [5.74, 6) is -2.44. The van der Waals surface area contributed by atoms with Crippen molar-refractivity contribution in [3.05, 3.63) is 114 Å². The Labute approximate surface area is 290 Å². The van der Waals surface area contributed by atoms with Gasteiger partial charge in [0.15, 0.2) is 29.3 Å². The lowest BCUT2D eigenvalue weighted by molar-refractivity contribution is -0.154. The van der Waals surface area contributed by atoms with Crippen molar-refractivity contribution >= 4 is 40.9 Å². The Balaban J connectivity index is 1.31. The molecule has 3 amide bonds. The molecule has 5 aromatic rings. The second-order valence-corrected chi connectivity index (χ2v) is 11.5. The number of nitrogens with zero attached hydrogens (tertiary/aromatic N) is 5. The molecule has 16 heteroatoms. The number of carboxylic acids is 1. The average molecular weight is 696 g/mol. The molecule has 5 N–H and O–H groups in total. The summed E-state index contributed by atoms with van der Waals surface area (Å²) in [6, 6.07) is 20.6. The fourth-order valence-corrected chi connectivity index (χ4v) is 5.71. The number of nitrogens with one attached hydrogen (secondary N) is 1. The fourth-order valence-electron chi connectivity index (χ4n) is 5.71. The van der Waals surface area contributed by atoms with Gasteiger partial charge in [0.05, 0.1) is 19.5 Å². The first-order valence-electron chi connectivity index (χ1n) is 15.7. The summed E-state index contributed by atoms with van der Waals surface area (Å²) in [5, 5.41) is 24.7. The molecule has 1 fully saturated rings. The molecule has 1 aliphatic rings. The lowest BCUT2D eigenvalue weighted by Gasteiger charge is -2.31. The van der Waals surface area contributed by atoms with Gasteiger partial charge in [0.1, 0.15) is 30.8 Å². The maximum absolute atomic E-state index is 14.0. The highest BCUT2D eigenvalue weighted by molar-refractivity contribution is 6.06. The van der Waals surface area contributed by atoms with E-state index in [-0.39, 0.29) is 30.0 Å². The molecular weight excluding hydrogens is 662 g/mol. The minimum atomic E-state index is -1.93. The number of fused-ring (bicyclic) bond motifs is 1. The summed E-state index contributed by atoms with van der Waals surface area (Å²) < 4.78 is 17.7. The summed E-state index contributed by atoms with van der Waals surface area (Å²) in [4.78, 5) is 66.4. The number of ether oxygens (including phenoxy) is 3. The van der Waals surface area contributed by atoms with Crippen molar-refractivity contribution in [3.63, 3.8) is 0 Å². The summed E-state index contributed by atoms with van der Waals surface area (Å²) in [5.41, 5.74) is 8.08. The lowest BCUT2D eigenvalue weighted by atomic mass is 10.0. The average Bonchev–Trinajstić information content (AvgIpc) is 3.73. The molecule has 262 valence electrons. The molecule has 0 aliphatic carbocycles. The molecule has 3 heterocycles. The molecule has 0 radical (unpaired) electrons. The van der Waals surface area contributed by atoms with Crippen LogP contribution in [0.25, 0.3) is 11.2 Å². The van der Waals surface area contributed by atoms with Crippen LogP contribution in [0.2, 0.25) is 0 Å². The van der Waals surface area contributed by atoms with Crippen molar-refractivity contribution in [1.82, 2.24) is 24.4 Å². The molecular formula is C35H33N7O9. The first kappa shape index (κ1) is 34.6. The number of benzene rings is 3. The predicted molar refractivity (Wildman–Crippen MR) is 179 cm³/mol. The first-order valence-corrected chi connectivity index (χ1v) is 15.7. The SMILES string of the molecule is COc1ccc(C[C@H](N)C(=O)N(C(=O)OCc2ccccc2)[C@H]2[C@@H](O)[C@H](n3cnc4c(NC(=O)c5ccccc5)ncnc43)O[C@@H]2C(=O)O)cc1. The number of carbonyl (C=O) groups excluding carboxylic acids is 3. The quantitative estimate of drug-likeness (QED) is 0.156. The van der Waals surface area contributed by atoms with Crippen LogP contribution < -0.4 is 15.8 Å². The largest absolute Gasteiger partial charge is 0.497 e. The van der Waals surface area contributed by atoms with E-state index in [0.29, 0.717) is 27.3 Å². The topological polar surface area (TPSA) is 221 Å². The van der Waals surface area contributed by atoms with Gasteiger partial charge in [-0.2, -0.15) is 0 Å². The number of imidazole rings is 1. The second-order valence-electron chi connectivity index (χ2n) is 11.5. The minimum Gasteiger partial charge on any atom is -0.497 e. The van der Waals surface area contributed by atoms with Gasteiger partial charge in [0.25, 0.3) is 5.91 Å². The molecule has 3 aromatic carbocycles. The van der Waals surface area contributed by atoms with Gasteiger partial charge < -0.3 is 35.5 Å². The van der Waals surface area contributed by atoms with Gasteiger partial charge in [-0.05, 0) is 41.8 Å². The number of aliphatic carboxylic acids is 1. The van der Waals surface area contributed by atoms with Crippen molar-refractivity contribution in [2.24, 2.45) is 5.73 Å². The highest BCUT2D eigenvalue weighted by atomic mass is 16.6. The first-order chi connectivity index (χ1) is 24.7. The highest BCUT2D eigenvalue weighted by Crippen LogP contribution is 2.36. The smallest absolute Gasteiger partial charge is 0.417 e. The molecule has 2 aromatic heterocycles. The Morgan fingerprint density at radius 3 is 2.31 bits per heavy atom. The number of amides is 3. The minimum absolute atomic E-state index is 0.0391. The van der Waals surface area contributed by atoms with Gasteiger partial charge >= 0.3 is 12.1 Å². The molecule has 0 saturated carbocycles. The zero-order valence-electron chi connectivity index (χ0n) is 27.1. The van der Waals surface area contributed by atoms with Crippen molar-refractivity contribution in [2.45, 2.75) is 43.5 Å². The van der Waals surface area contributed by atoms with E-state index in [2.05, 4.69) is 20.3 Å². The van der Waals surface area contributed by atoms with E-state index < -0.39 is 54.4 Å². The Bertz CT molecular complexity index is 2030. The molecule has 0 spiro atoms. The van der Waals surface area contributed by atoms with Gasteiger partial charge in [-0.1, -0.05) is 60.7 Å². The van der Waals surface area contributed by atoms with Crippen LogP contribution >= 0.6 is 0 Å². The summed E-state index contributed by atoms with van der Waals surface area (Å²) in [6.45, 7) is -0.261. The molecule has 1 aliphatic heterocycles. The van der Waals surface area contributed by atoms with Crippen LogP contribution in [0.4, 0.5) is 10.6 Å². The van der Waals surface area contributed by atoms with Crippen molar-refractivity contribution < 1.29 is 43.6 Å². The Morgan fingerprint density at radius 2 is 1.65 bits per heavy atom. The van der Waals surface area contributed by atoms with E-state index in [0.717, 1.165) is 6.33 Å². The molecule has 0 unspecified atom stereocenters. The van der Waals surface area contributed by atoms with Gasteiger partial charge in [-0.25, -0.2) is 29.4 Å². The van der Waals surface area contributed by atoms with Crippen LogP contribution in [-0.4, -0.2) is 89.9 Å². The number of carbonyl (C=O) groups is 4. The van der Waals surface area contributed by atoms with E-state index in [1.54, 1.807) is 84.9 Å². The second kappa shape index (κ2) is 15.1. The molecule has 0 bridgehead atoms. The van der Waals surface area contributed by atoms with Crippen LogP contribution in [0.3, 0.4) is 0 Å². The molecule has 6 rings (SSSR count). The summed E-state index contributed by atoms with van der Waals surface area (Å²) in [6.07, 6.45) is -4.23. The molecule has 1 saturated heterocycles. The van der Waals surface area contributed by atoms with Gasteiger partial charge in [0, 0.05) is 5.56 Å². The number of carboxylic acid groups (broad SMARTS) is 1. The predicted octanol–water partition coefficient (Wildman–Crippen LogP) is 2.53. The summed E-state index contributed by atoms with van der Waals surface area (Å²) in [7, 11) is 1.51. The van der Waals surface area contributed by atoms with Crippen molar-refractivity contribution in [1.29, 1.82) is 0 Å².